The number of ether oxygens (including phenoxy) is 1. The maximum Gasteiger partial charge on any atom is 0.226 e. The third-order valence-corrected chi connectivity index (χ3v) is 4.37. The fraction of sp³-hybridized carbons (Fsp3) is 0.917. The van der Waals surface area contributed by atoms with E-state index in [1.807, 2.05) is 27.7 Å². The molecule has 1 amide bonds. The van der Waals surface area contributed by atoms with E-state index < -0.39 is 5.41 Å². The van der Waals surface area contributed by atoms with Crippen LogP contribution < -0.4 is 5.32 Å². The maximum absolute atomic E-state index is 11.9. The Balaban J connectivity index is 5.27. The Bertz CT molecular complexity index is 242. The van der Waals surface area contributed by atoms with E-state index in [1.165, 1.54) is 0 Å². The molecule has 0 atom stereocenters. The molecule has 3 heteroatoms. The molecular formula is C12H25NO2. The molecule has 15 heavy (non-hydrogen) atoms. The molecule has 0 aliphatic heterocycles. The van der Waals surface area contributed by atoms with Crippen LogP contribution in [-0.2, 0) is 9.53 Å². The number of carbonyl (C=O) groups excluding carboxylic acids is 1. The molecule has 0 unspecified atom stereocenters. The molecule has 0 saturated carbocycles. The van der Waals surface area contributed by atoms with Gasteiger partial charge in [0.25, 0.3) is 0 Å². The van der Waals surface area contributed by atoms with Gasteiger partial charge in [0.2, 0.25) is 5.91 Å². The molecule has 0 rings (SSSR count). The van der Waals surface area contributed by atoms with Crippen molar-refractivity contribution in [2.75, 3.05) is 14.2 Å². The quantitative estimate of drug-likeness (QED) is 0.781. The molecule has 0 spiro atoms. The van der Waals surface area contributed by atoms with Gasteiger partial charge in [0.05, 0.1) is 11.0 Å². The summed E-state index contributed by atoms with van der Waals surface area (Å²) in [5.74, 6) is 0.0395. The van der Waals surface area contributed by atoms with E-state index in [4.69, 9.17) is 4.74 Å². The Hall–Kier alpha value is -0.570. The average Bonchev–Trinajstić information content (AvgIpc) is 2.15. The molecule has 0 saturated heterocycles. The third kappa shape index (κ3) is 2.17. The molecule has 0 aliphatic carbocycles. The van der Waals surface area contributed by atoms with E-state index in [9.17, 15) is 4.79 Å². The summed E-state index contributed by atoms with van der Waals surface area (Å²) < 4.78 is 5.50. The van der Waals surface area contributed by atoms with E-state index in [1.54, 1.807) is 14.2 Å². The topological polar surface area (TPSA) is 38.3 Å². The summed E-state index contributed by atoms with van der Waals surface area (Å²) in [6.45, 7) is 12.0. The predicted octanol–water partition coefficient (Wildman–Crippen LogP) is 2.21. The first-order chi connectivity index (χ1) is 6.54. The van der Waals surface area contributed by atoms with Gasteiger partial charge in [-0.2, -0.15) is 0 Å². The molecule has 0 heterocycles. The molecule has 0 aromatic rings. The second-order valence-corrected chi connectivity index (χ2v) is 5.54. The fourth-order valence-electron chi connectivity index (χ4n) is 1.60. The van der Waals surface area contributed by atoms with Crippen LogP contribution in [0.1, 0.15) is 41.5 Å². The van der Waals surface area contributed by atoms with E-state index in [-0.39, 0.29) is 16.9 Å². The Morgan fingerprint density at radius 1 is 1.07 bits per heavy atom. The zero-order valence-corrected chi connectivity index (χ0v) is 11.3. The molecule has 0 fully saturated rings. The highest BCUT2D eigenvalue weighted by atomic mass is 16.5. The van der Waals surface area contributed by atoms with Gasteiger partial charge >= 0.3 is 0 Å². The number of carbonyl (C=O) groups is 1. The van der Waals surface area contributed by atoms with E-state index >= 15 is 0 Å². The van der Waals surface area contributed by atoms with Crippen molar-refractivity contribution in [3.63, 3.8) is 0 Å². The van der Waals surface area contributed by atoms with Crippen LogP contribution in [0.2, 0.25) is 0 Å². The minimum absolute atomic E-state index is 0.0395. The van der Waals surface area contributed by atoms with E-state index in [2.05, 4.69) is 19.2 Å². The number of nitrogens with one attached hydrogen (secondary N) is 1. The third-order valence-electron chi connectivity index (χ3n) is 4.37. The Labute approximate surface area is 93.6 Å². The smallest absolute Gasteiger partial charge is 0.226 e. The van der Waals surface area contributed by atoms with Crippen molar-refractivity contribution in [3.05, 3.63) is 0 Å². The molecule has 0 radical (unpaired) electrons. The van der Waals surface area contributed by atoms with Crippen molar-refractivity contribution in [1.82, 2.24) is 5.32 Å². The molecule has 0 bridgehead atoms. The van der Waals surface area contributed by atoms with Crippen molar-refractivity contribution in [2.45, 2.75) is 47.1 Å². The first-order valence-corrected chi connectivity index (χ1v) is 5.32. The lowest BCUT2D eigenvalue weighted by Gasteiger charge is -2.49. The Morgan fingerprint density at radius 2 is 1.47 bits per heavy atom. The first-order valence-electron chi connectivity index (χ1n) is 5.32. The van der Waals surface area contributed by atoms with Crippen molar-refractivity contribution in [3.8, 4) is 0 Å². The normalized spacial score (nSPS) is 13.9. The number of amides is 1. The van der Waals surface area contributed by atoms with Crippen molar-refractivity contribution < 1.29 is 9.53 Å². The largest absolute Gasteiger partial charge is 0.378 e. The SMILES string of the molecule is CNC(=O)C(C)(C)C(C)(C)C(C)(C)OC. The first kappa shape index (κ1) is 14.4. The summed E-state index contributed by atoms with van der Waals surface area (Å²) >= 11 is 0. The van der Waals surface area contributed by atoms with Crippen LogP contribution in [0.3, 0.4) is 0 Å². The molecule has 0 aromatic carbocycles. The van der Waals surface area contributed by atoms with Crippen LogP contribution in [0, 0.1) is 10.8 Å². The lowest BCUT2D eigenvalue weighted by molar-refractivity contribution is -0.157. The highest BCUT2D eigenvalue weighted by molar-refractivity contribution is 5.82. The van der Waals surface area contributed by atoms with Gasteiger partial charge in [-0.15, -0.1) is 0 Å². The summed E-state index contributed by atoms with van der Waals surface area (Å²) in [4.78, 5) is 11.9. The van der Waals surface area contributed by atoms with Crippen LogP contribution in [0.15, 0.2) is 0 Å². The summed E-state index contributed by atoms with van der Waals surface area (Å²) in [6, 6.07) is 0. The van der Waals surface area contributed by atoms with Gasteiger partial charge in [0.15, 0.2) is 0 Å². The van der Waals surface area contributed by atoms with Gasteiger partial charge in [-0.25, -0.2) is 0 Å². The number of rotatable bonds is 4. The fourth-order valence-corrected chi connectivity index (χ4v) is 1.60. The minimum Gasteiger partial charge on any atom is -0.378 e. The summed E-state index contributed by atoms with van der Waals surface area (Å²) in [5.41, 5.74) is -1.11. The van der Waals surface area contributed by atoms with Gasteiger partial charge in [-0.05, 0) is 13.8 Å². The molecule has 90 valence electrons. The summed E-state index contributed by atoms with van der Waals surface area (Å²) in [7, 11) is 3.35. The van der Waals surface area contributed by atoms with Gasteiger partial charge in [0, 0.05) is 19.6 Å². The highest BCUT2D eigenvalue weighted by Gasteiger charge is 2.52. The average molecular weight is 215 g/mol. The molecule has 0 aliphatic rings. The molecule has 3 nitrogen and oxygen atoms in total. The Morgan fingerprint density at radius 3 is 1.73 bits per heavy atom. The number of methoxy groups -OCH3 is 1. The second kappa shape index (κ2) is 4.12. The van der Waals surface area contributed by atoms with Crippen molar-refractivity contribution >= 4 is 5.91 Å². The highest BCUT2D eigenvalue weighted by Crippen LogP contribution is 2.48. The van der Waals surface area contributed by atoms with E-state index in [0.29, 0.717) is 0 Å². The van der Waals surface area contributed by atoms with Crippen LogP contribution in [0.25, 0.3) is 0 Å². The molecular weight excluding hydrogens is 190 g/mol. The second-order valence-electron chi connectivity index (χ2n) is 5.54. The van der Waals surface area contributed by atoms with Crippen molar-refractivity contribution in [1.29, 1.82) is 0 Å². The molecule has 1 N–H and O–H groups in total. The standard InChI is InChI=1S/C12H25NO2/c1-10(2,9(14)13-7)11(3,4)12(5,6)15-8/h1-8H3,(H,13,14). The predicted molar refractivity (Wildman–Crippen MR) is 62.7 cm³/mol. The van der Waals surface area contributed by atoms with Crippen LogP contribution in [-0.4, -0.2) is 25.7 Å². The summed E-state index contributed by atoms with van der Waals surface area (Å²) in [6.07, 6.45) is 0. The van der Waals surface area contributed by atoms with Crippen molar-refractivity contribution in [2.24, 2.45) is 10.8 Å². The number of hydrogen-bond acceptors (Lipinski definition) is 2. The minimum atomic E-state index is -0.485. The number of hydrogen-bond donors (Lipinski definition) is 1. The monoisotopic (exact) mass is 215 g/mol. The molecule has 0 aromatic heterocycles. The lowest BCUT2D eigenvalue weighted by atomic mass is 9.59. The summed E-state index contributed by atoms with van der Waals surface area (Å²) in [5, 5.41) is 2.71. The van der Waals surface area contributed by atoms with Gasteiger partial charge < -0.3 is 10.1 Å². The van der Waals surface area contributed by atoms with Gasteiger partial charge in [0.1, 0.15) is 0 Å². The lowest BCUT2D eigenvalue weighted by Crippen LogP contribution is -2.55. The van der Waals surface area contributed by atoms with Crippen LogP contribution >= 0.6 is 0 Å². The zero-order valence-electron chi connectivity index (χ0n) is 11.3. The van der Waals surface area contributed by atoms with E-state index in [0.717, 1.165) is 0 Å². The van der Waals surface area contributed by atoms with Crippen LogP contribution in [0.4, 0.5) is 0 Å². The maximum atomic E-state index is 11.9. The zero-order chi connectivity index (χ0) is 12.5. The Kier molecular flexibility index (Phi) is 3.97. The van der Waals surface area contributed by atoms with Crippen LogP contribution in [0.5, 0.6) is 0 Å². The van der Waals surface area contributed by atoms with Gasteiger partial charge in [-0.3, -0.25) is 4.79 Å². The van der Waals surface area contributed by atoms with Gasteiger partial charge in [-0.1, -0.05) is 27.7 Å².